The highest BCUT2D eigenvalue weighted by atomic mass is 79.9. The number of nitrogens with zero attached hydrogens (tertiary/aromatic N) is 2. The van der Waals surface area contributed by atoms with Crippen LogP contribution in [-0.4, -0.2) is 16.1 Å². The van der Waals surface area contributed by atoms with Crippen LogP contribution >= 0.6 is 15.9 Å². The number of anilines is 1. The van der Waals surface area contributed by atoms with Crippen LogP contribution in [0.5, 0.6) is 0 Å². The molecule has 1 heterocycles. The largest absolute Gasteiger partial charge is 0.355 e. The summed E-state index contributed by atoms with van der Waals surface area (Å²) < 4.78 is 15.8. The molecule has 1 aromatic heterocycles. The molecule has 0 radical (unpaired) electrons. The van der Waals surface area contributed by atoms with Crippen molar-refractivity contribution in [3.8, 4) is 5.69 Å². The van der Waals surface area contributed by atoms with Crippen molar-refractivity contribution in [3.05, 3.63) is 40.4 Å². The molecular weight excluding hydrogens is 309 g/mol. The number of hydrogen-bond acceptors (Lipinski definition) is 2. The Morgan fingerprint density at radius 2 is 2.16 bits per heavy atom. The summed E-state index contributed by atoms with van der Waals surface area (Å²) in [5, 5.41) is 3.31. The lowest BCUT2D eigenvalue weighted by molar-refractivity contribution is 0.626. The normalized spacial score (nSPS) is 11.1. The molecule has 0 bridgehead atoms. The average Bonchev–Trinajstić information content (AvgIpc) is 2.67. The molecule has 19 heavy (non-hydrogen) atoms. The molecule has 1 N–H and O–H groups in total. The molecule has 0 fully saturated rings. The Morgan fingerprint density at radius 3 is 2.79 bits per heavy atom. The fraction of sp³-hybridized carbons (Fsp3) is 0.357. The van der Waals surface area contributed by atoms with E-state index in [1.54, 1.807) is 6.07 Å². The lowest BCUT2D eigenvalue weighted by atomic mass is 10.2. The van der Waals surface area contributed by atoms with Gasteiger partial charge in [0, 0.05) is 17.2 Å². The second-order valence-electron chi connectivity index (χ2n) is 4.95. The van der Waals surface area contributed by atoms with E-state index < -0.39 is 0 Å². The summed E-state index contributed by atoms with van der Waals surface area (Å²) in [7, 11) is 0. The van der Waals surface area contributed by atoms with E-state index in [4.69, 9.17) is 0 Å². The molecular formula is C14H17BrFN3. The maximum atomic E-state index is 13.2. The molecule has 0 aliphatic rings. The van der Waals surface area contributed by atoms with Gasteiger partial charge in [-0.15, -0.1) is 0 Å². The Kier molecular flexibility index (Phi) is 4.24. The summed E-state index contributed by atoms with van der Waals surface area (Å²) in [4.78, 5) is 4.46. The standard InChI is InChI=1S/C14H17BrFN3/c1-9(2)7-17-14-18-10(3)8-19(14)13-5-4-11(16)6-12(13)15/h4-6,8-9H,7H2,1-3H3,(H,17,18). The Morgan fingerprint density at radius 1 is 1.42 bits per heavy atom. The summed E-state index contributed by atoms with van der Waals surface area (Å²) in [6, 6.07) is 4.64. The molecule has 0 amide bonds. The molecule has 2 rings (SSSR count). The van der Waals surface area contributed by atoms with Gasteiger partial charge in [-0.1, -0.05) is 13.8 Å². The van der Waals surface area contributed by atoms with Crippen LogP contribution in [-0.2, 0) is 0 Å². The third-order valence-electron chi connectivity index (χ3n) is 2.66. The first-order chi connectivity index (χ1) is 8.97. The van der Waals surface area contributed by atoms with Crippen molar-refractivity contribution in [1.29, 1.82) is 0 Å². The fourth-order valence-corrected chi connectivity index (χ4v) is 2.32. The lowest BCUT2D eigenvalue weighted by Crippen LogP contribution is -2.12. The van der Waals surface area contributed by atoms with Crippen molar-refractivity contribution >= 4 is 21.9 Å². The topological polar surface area (TPSA) is 29.9 Å². The number of aromatic nitrogens is 2. The molecule has 0 saturated carbocycles. The highest BCUT2D eigenvalue weighted by Gasteiger charge is 2.11. The van der Waals surface area contributed by atoms with Gasteiger partial charge in [-0.2, -0.15) is 0 Å². The van der Waals surface area contributed by atoms with E-state index in [0.717, 1.165) is 23.9 Å². The van der Waals surface area contributed by atoms with E-state index >= 15 is 0 Å². The van der Waals surface area contributed by atoms with Crippen molar-refractivity contribution in [2.45, 2.75) is 20.8 Å². The zero-order valence-corrected chi connectivity index (χ0v) is 12.8. The van der Waals surface area contributed by atoms with Gasteiger partial charge in [0.25, 0.3) is 0 Å². The Hall–Kier alpha value is -1.36. The van der Waals surface area contributed by atoms with Crippen molar-refractivity contribution in [1.82, 2.24) is 9.55 Å². The molecule has 0 unspecified atom stereocenters. The minimum atomic E-state index is -0.260. The number of benzene rings is 1. The van der Waals surface area contributed by atoms with Crippen LogP contribution in [0.2, 0.25) is 0 Å². The molecule has 0 saturated heterocycles. The second kappa shape index (κ2) is 5.74. The zero-order valence-electron chi connectivity index (χ0n) is 11.2. The molecule has 3 nitrogen and oxygen atoms in total. The molecule has 102 valence electrons. The van der Waals surface area contributed by atoms with Gasteiger partial charge in [-0.05, 0) is 47.0 Å². The van der Waals surface area contributed by atoms with Crippen molar-refractivity contribution in [2.24, 2.45) is 5.92 Å². The third-order valence-corrected chi connectivity index (χ3v) is 3.30. The Bertz CT molecular complexity index is 578. The van der Waals surface area contributed by atoms with Gasteiger partial charge < -0.3 is 5.32 Å². The summed E-state index contributed by atoms with van der Waals surface area (Å²) in [6.45, 7) is 7.06. The number of imidazole rings is 1. The molecule has 0 aliphatic carbocycles. The third kappa shape index (κ3) is 3.35. The van der Waals surface area contributed by atoms with Crippen molar-refractivity contribution in [2.75, 3.05) is 11.9 Å². The van der Waals surface area contributed by atoms with Gasteiger partial charge in [0.2, 0.25) is 5.95 Å². The number of hydrogen-bond donors (Lipinski definition) is 1. The summed E-state index contributed by atoms with van der Waals surface area (Å²) in [6.07, 6.45) is 1.93. The van der Waals surface area contributed by atoms with Crippen LogP contribution in [0, 0.1) is 18.7 Å². The van der Waals surface area contributed by atoms with E-state index in [9.17, 15) is 4.39 Å². The van der Waals surface area contributed by atoms with E-state index in [0.29, 0.717) is 10.4 Å². The minimum Gasteiger partial charge on any atom is -0.355 e. The number of rotatable bonds is 4. The predicted molar refractivity (Wildman–Crippen MR) is 79.3 cm³/mol. The monoisotopic (exact) mass is 325 g/mol. The smallest absolute Gasteiger partial charge is 0.207 e. The number of aryl methyl sites for hydroxylation is 1. The van der Waals surface area contributed by atoms with E-state index in [-0.39, 0.29) is 5.82 Å². The fourth-order valence-electron chi connectivity index (χ4n) is 1.78. The molecule has 0 atom stereocenters. The molecule has 0 spiro atoms. The van der Waals surface area contributed by atoms with Crippen LogP contribution in [0.1, 0.15) is 19.5 Å². The first kappa shape index (κ1) is 14.1. The van der Waals surface area contributed by atoms with E-state index in [1.165, 1.54) is 12.1 Å². The van der Waals surface area contributed by atoms with Gasteiger partial charge in [-0.3, -0.25) is 4.57 Å². The van der Waals surface area contributed by atoms with Gasteiger partial charge in [0.1, 0.15) is 5.82 Å². The maximum Gasteiger partial charge on any atom is 0.207 e. The molecule has 5 heteroatoms. The Labute approximate surface area is 121 Å². The minimum absolute atomic E-state index is 0.260. The summed E-state index contributed by atoms with van der Waals surface area (Å²) in [5.41, 5.74) is 1.79. The van der Waals surface area contributed by atoms with E-state index in [1.807, 2.05) is 17.7 Å². The maximum absolute atomic E-state index is 13.2. The van der Waals surface area contributed by atoms with Gasteiger partial charge in [0.15, 0.2) is 0 Å². The number of nitrogens with one attached hydrogen (secondary N) is 1. The van der Waals surface area contributed by atoms with Crippen molar-refractivity contribution < 1.29 is 4.39 Å². The summed E-state index contributed by atoms with van der Waals surface area (Å²) >= 11 is 3.39. The first-order valence-electron chi connectivity index (χ1n) is 6.22. The molecule has 2 aromatic rings. The quantitative estimate of drug-likeness (QED) is 0.915. The van der Waals surface area contributed by atoms with Gasteiger partial charge >= 0.3 is 0 Å². The van der Waals surface area contributed by atoms with Crippen molar-refractivity contribution in [3.63, 3.8) is 0 Å². The first-order valence-corrected chi connectivity index (χ1v) is 7.02. The van der Waals surface area contributed by atoms with Crippen LogP contribution < -0.4 is 5.32 Å². The van der Waals surface area contributed by atoms with E-state index in [2.05, 4.69) is 40.1 Å². The lowest BCUT2D eigenvalue weighted by Gasteiger charge is -2.12. The second-order valence-corrected chi connectivity index (χ2v) is 5.80. The predicted octanol–water partition coefficient (Wildman–Crippen LogP) is 4.15. The highest BCUT2D eigenvalue weighted by molar-refractivity contribution is 9.10. The van der Waals surface area contributed by atoms with Crippen LogP contribution in [0.3, 0.4) is 0 Å². The zero-order chi connectivity index (χ0) is 14.0. The number of halogens is 2. The van der Waals surface area contributed by atoms with Crippen LogP contribution in [0.4, 0.5) is 10.3 Å². The molecule has 1 aromatic carbocycles. The van der Waals surface area contributed by atoms with Gasteiger partial charge in [0.05, 0.1) is 11.4 Å². The van der Waals surface area contributed by atoms with Crippen LogP contribution in [0.25, 0.3) is 5.69 Å². The SMILES string of the molecule is Cc1cn(-c2ccc(F)cc2Br)c(NCC(C)C)n1. The average molecular weight is 326 g/mol. The Balaban J connectivity index is 2.38. The molecule has 0 aliphatic heterocycles. The van der Waals surface area contributed by atoms with Crippen LogP contribution in [0.15, 0.2) is 28.9 Å². The highest BCUT2D eigenvalue weighted by Crippen LogP contribution is 2.25. The van der Waals surface area contributed by atoms with Gasteiger partial charge in [-0.25, -0.2) is 9.37 Å². The summed E-state index contributed by atoms with van der Waals surface area (Å²) in [5.74, 6) is 1.05.